The summed E-state index contributed by atoms with van der Waals surface area (Å²) in [6, 6.07) is 0.734. The van der Waals surface area contributed by atoms with Crippen LogP contribution in [-0.2, 0) is 9.59 Å². The van der Waals surface area contributed by atoms with Gasteiger partial charge in [-0.05, 0) is 52.1 Å². The van der Waals surface area contributed by atoms with Crippen molar-refractivity contribution in [2.45, 2.75) is 70.3 Å². The summed E-state index contributed by atoms with van der Waals surface area (Å²) in [5, 5.41) is 13.2. The Morgan fingerprint density at radius 1 is 1.06 bits per heavy atom. The fourth-order valence-corrected chi connectivity index (χ4v) is 5.96. The third-order valence-electron chi connectivity index (χ3n) is 7.03. The molecule has 3 heterocycles. The highest BCUT2D eigenvalue weighted by Gasteiger charge is 2.29. The summed E-state index contributed by atoms with van der Waals surface area (Å²) in [5.41, 5.74) is 0. The summed E-state index contributed by atoms with van der Waals surface area (Å²) in [6.45, 7) is 4.18. The molecule has 31 heavy (non-hydrogen) atoms. The summed E-state index contributed by atoms with van der Waals surface area (Å²) in [4.78, 5) is 30.9. The molecule has 2 amide bonds. The second-order valence-electron chi connectivity index (χ2n) is 9.19. The van der Waals surface area contributed by atoms with Crippen LogP contribution in [0.1, 0.15) is 64.2 Å². The number of carbonyl (C=O) groups excluding carboxylic acids is 2. The van der Waals surface area contributed by atoms with Crippen LogP contribution in [0.4, 0.5) is 10.3 Å². The van der Waals surface area contributed by atoms with E-state index in [-0.39, 0.29) is 17.7 Å². The molecule has 1 aliphatic carbocycles. The predicted molar refractivity (Wildman–Crippen MR) is 124 cm³/mol. The van der Waals surface area contributed by atoms with E-state index in [0.717, 1.165) is 69.6 Å². The van der Waals surface area contributed by atoms with Crippen LogP contribution in [0, 0.1) is 5.92 Å². The molecule has 0 spiro atoms. The molecule has 0 atom stereocenters. The number of anilines is 2. The zero-order valence-corrected chi connectivity index (χ0v) is 19.5. The van der Waals surface area contributed by atoms with Crippen LogP contribution in [0.15, 0.2) is 0 Å². The van der Waals surface area contributed by atoms with Gasteiger partial charge in [0, 0.05) is 44.6 Å². The molecule has 8 nitrogen and oxygen atoms in total. The van der Waals surface area contributed by atoms with Crippen molar-refractivity contribution in [2.24, 2.45) is 5.92 Å². The molecule has 3 aliphatic rings. The quantitative estimate of drug-likeness (QED) is 0.616. The maximum atomic E-state index is 12.6. The lowest BCUT2D eigenvalue weighted by Gasteiger charge is -2.31. The molecule has 2 aliphatic heterocycles. The zero-order chi connectivity index (χ0) is 21.6. The van der Waals surface area contributed by atoms with Crippen molar-refractivity contribution in [3.8, 4) is 0 Å². The number of amides is 2. The van der Waals surface area contributed by atoms with Crippen LogP contribution < -0.4 is 15.1 Å². The fraction of sp³-hybridized carbons (Fsp3) is 0.818. The third-order valence-corrected chi connectivity index (χ3v) is 8.04. The van der Waals surface area contributed by atoms with Crippen LogP contribution >= 0.6 is 11.3 Å². The SMILES string of the molecule is CN(CCCNC(=O)C1CCN(c2nnc(N3CCCC3=O)s2)CC1)C1CCCCC1. The van der Waals surface area contributed by atoms with Gasteiger partial charge in [-0.25, -0.2) is 0 Å². The number of carbonyl (C=O) groups is 2. The van der Waals surface area contributed by atoms with Crippen molar-refractivity contribution in [1.82, 2.24) is 20.4 Å². The Kier molecular flexibility index (Phi) is 7.76. The number of nitrogens with zero attached hydrogens (tertiary/aromatic N) is 5. The topological polar surface area (TPSA) is 81.7 Å². The molecule has 3 fully saturated rings. The highest BCUT2D eigenvalue weighted by Crippen LogP contribution is 2.32. The van der Waals surface area contributed by atoms with Gasteiger partial charge in [-0.15, -0.1) is 10.2 Å². The van der Waals surface area contributed by atoms with E-state index in [9.17, 15) is 9.59 Å². The lowest BCUT2D eigenvalue weighted by atomic mass is 9.94. The lowest BCUT2D eigenvalue weighted by Crippen LogP contribution is -2.41. The van der Waals surface area contributed by atoms with Gasteiger partial charge < -0.3 is 15.1 Å². The van der Waals surface area contributed by atoms with Gasteiger partial charge in [0.15, 0.2) is 0 Å². The smallest absolute Gasteiger partial charge is 0.228 e. The molecule has 0 radical (unpaired) electrons. The van der Waals surface area contributed by atoms with Gasteiger partial charge in [0.1, 0.15) is 0 Å². The van der Waals surface area contributed by atoms with Gasteiger partial charge >= 0.3 is 0 Å². The first-order valence-corrected chi connectivity index (χ1v) is 12.8. The first-order valence-electron chi connectivity index (χ1n) is 12.0. The van der Waals surface area contributed by atoms with Crippen molar-refractivity contribution < 1.29 is 9.59 Å². The van der Waals surface area contributed by atoms with Gasteiger partial charge in [-0.1, -0.05) is 30.6 Å². The molecule has 1 aromatic rings. The Morgan fingerprint density at radius 2 is 1.81 bits per heavy atom. The largest absolute Gasteiger partial charge is 0.356 e. The second-order valence-corrected chi connectivity index (χ2v) is 10.1. The first-order chi connectivity index (χ1) is 15.1. The third kappa shape index (κ3) is 5.74. The number of aromatic nitrogens is 2. The summed E-state index contributed by atoms with van der Waals surface area (Å²) in [7, 11) is 2.23. The van der Waals surface area contributed by atoms with E-state index in [1.54, 1.807) is 4.90 Å². The van der Waals surface area contributed by atoms with Crippen LogP contribution in [-0.4, -0.2) is 72.7 Å². The lowest BCUT2D eigenvalue weighted by molar-refractivity contribution is -0.125. The van der Waals surface area contributed by atoms with Gasteiger partial charge in [0.2, 0.25) is 22.1 Å². The molecule has 4 rings (SSSR count). The van der Waals surface area contributed by atoms with Crippen LogP contribution in [0.3, 0.4) is 0 Å². The van der Waals surface area contributed by atoms with E-state index in [1.165, 1.54) is 43.4 Å². The molecule has 1 aromatic heterocycles. The van der Waals surface area contributed by atoms with E-state index >= 15 is 0 Å². The zero-order valence-electron chi connectivity index (χ0n) is 18.7. The highest BCUT2D eigenvalue weighted by molar-refractivity contribution is 7.19. The van der Waals surface area contributed by atoms with Crippen molar-refractivity contribution in [3.05, 3.63) is 0 Å². The van der Waals surface area contributed by atoms with E-state index < -0.39 is 0 Å². The Morgan fingerprint density at radius 3 is 2.52 bits per heavy atom. The molecule has 172 valence electrons. The molecule has 1 saturated carbocycles. The molecule has 9 heteroatoms. The maximum absolute atomic E-state index is 12.6. The Bertz CT molecular complexity index is 742. The molecule has 0 unspecified atom stereocenters. The van der Waals surface area contributed by atoms with E-state index in [4.69, 9.17) is 0 Å². The van der Waals surface area contributed by atoms with Gasteiger partial charge in [0.25, 0.3) is 0 Å². The Labute approximate surface area is 189 Å². The number of nitrogens with one attached hydrogen (secondary N) is 1. The average Bonchev–Trinajstić information content (AvgIpc) is 3.46. The second kappa shape index (κ2) is 10.7. The number of rotatable bonds is 8. The minimum Gasteiger partial charge on any atom is -0.356 e. The van der Waals surface area contributed by atoms with E-state index in [0.29, 0.717) is 11.6 Å². The summed E-state index contributed by atoms with van der Waals surface area (Å²) in [6.07, 6.45) is 10.9. The highest BCUT2D eigenvalue weighted by atomic mass is 32.1. The van der Waals surface area contributed by atoms with E-state index in [1.807, 2.05) is 0 Å². The summed E-state index contributed by atoms with van der Waals surface area (Å²) >= 11 is 1.48. The standard InChI is InChI=1S/C22H36N6O2S/c1-26(18-7-3-2-4-8-18)13-6-12-23-20(30)17-10-15-27(16-11-17)21-24-25-22(31-21)28-14-5-9-19(28)29/h17-18H,2-16H2,1H3,(H,23,30). The van der Waals surface area contributed by atoms with Gasteiger partial charge in [-0.2, -0.15) is 0 Å². The maximum Gasteiger partial charge on any atom is 0.228 e. The minimum absolute atomic E-state index is 0.0832. The van der Waals surface area contributed by atoms with Crippen molar-refractivity contribution in [1.29, 1.82) is 0 Å². The monoisotopic (exact) mass is 448 g/mol. The van der Waals surface area contributed by atoms with Gasteiger partial charge in [0.05, 0.1) is 0 Å². The first kappa shape index (κ1) is 22.5. The van der Waals surface area contributed by atoms with Crippen LogP contribution in [0.5, 0.6) is 0 Å². The normalized spacial score (nSPS) is 21.3. The average molecular weight is 449 g/mol. The van der Waals surface area contributed by atoms with Crippen LogP contribution in [0.25, 0.3) is 0 Å². The Balaban J connectivity index is 1.15. The van der Waals surface area contributed by atoms with E-state index in [2.05, 4.69) is 32.4 Å². The predicted octanol–water partition coefficient (Wildman–Crippen LogP) is 2.65. The van der Waals surface area contributed by atoms with Crippen LogP contribution in [0.2, 0.25) is 0 Å². The van der Waals surface area contributed by atoms with Crippen molar-refractivity contribution >= 4 is 33.4 Å². The fourth-order valence-electron chi connectivity index (χ4n) is 5.02. The molecular weight excluding hydrogens is 412 g/mol. The summed E-state index contributed by atoms with van der Waals surface area (Å²) in [5.74, 6) is 0.420. The molecule has 0 bridgehead atoms. The molecule has 2 saturated heterocycles. The molecule has 0 aromatic carbocycles. The number of hydrogen-bond donors (Lipinski definition) is 1. The molecular formula is C22H36N6O2S. The minimum atomic E-state index is 0.0832. The number of hydrogen-bond acceptors (Lipinski definition) is 7. The van der Waals surface area contributed by atoms with Crippen molar-refractivity contribution in [3.63, 3.8) is 0 Å². The number of piperidine rings is 1. The Hall–Kier alpha value is -1.74. The van der Waals surface area contributed by atoms with Gasteiger partial charge in [-0.3, -0.25) is 14.5 Å². The molecule has 1 N–H and O–H groups in total. The summed E-state index contributed by atoms with van der Waals surface area (Å²) < 4.78 is 0. The van der Waals surface area contributed by atoms with Crippen molar-refractivity contribution in [2.75, 3.05) is 49.6 Å².